The predicted molar refractivity (Wildman–Crippen MR) is 239 cm³/mol. The van der Waals surface area contributed by atoms with E-state index in [0.29, 0.717) is 0 Å². The highest BCUT2D eigenvalue weighted by molar-refractivity contribution is 6.11. The van der Waals surface area contributed by atoms with Crippen molar-refractivity contribution in [2.24, 2.45) is 0 Å². The van der Waals surface area contributed by atoms with E-state index >= 15 is 0 Å². The molecular weight excluding hydrogens is 689 g/mol. The van der Waals surface area contributed by atoms with Gasteiger partial charge in [0.2, 0.25) is 0 Å². The van der Waals surface area contributed by atoms with Gasteiger partial charge in [0.05, 0.1) is 27.5 Å². The summed E-state index contributed by atoms with van der Waals surface area (Å²) in [5, 5.41) is 5.02. The molecule has 2 aromatic heterocycles. The average molecular weight is 727 g/mol. The number of benzene rings is 9. The van der Waals surface area contributed by atoms with E-state index < -0.39 is 5.41 Å². The van der Waals surface area contributed by atoms with E-state index in [1.54, 1.807) is 0 Å². The Morgan fingerprint density at radius 2 is 0.649 bits per heavy atom. The van der Waals surface area contributed by atoms with Gasteiger partial charge in [0.25, 0.3) is 0 Å². The molecule has 11 rings (SSSR count). The standard InChI is InChI=1S/C55H38N2/c1-4-17-41(18-5-1)55(42-19-6-2-7-20-42,43-21-8-3-9-22-43)44-23-16-24-46(38-44)57-53-30-15-12-27-49(53)50-37-40(33-36-54(50)57)39-31-34-45(35-32-39)56-51-28-13-10-25-47(51)48-26-11-14-29-52(48)56/h1-38H. The smallest absolute Gasteiger partial charge is 0.0702 e. The molecule has 268 valence electrons. The molecular formula is C55H38N2. The Labute approximate surface area is 332 Å². The summed E-state index contributed by atoms with van der Waals surface area (Å²) >= 11 is 0. The molecule has 0 aliphatic rings. The van der Waals surface area contributed by atoms with Crippen molar-refractivity contribution in [2.75, 3.05) is 0 Å². The van der Waals surface area contributed by atoms with Gasteiger partial charge in [-0.25, -0.2) is 0 Å². The van der Waals surface area contributed by atoms with Gasteiger partial charge >= 0.3 is 0 Å². The minimum Gasteiger partial charge on any atom is -0.309 e. The van der Waals surface area contributed by atoms with Crippen LogP contribution in [0.25, 0.3) is 66.1 Å². The molecule has 0 bridgehead atoms. The van der Waals surface area contributed by atoms with Crippen LogP contribution in [0.15, 0.2) is 231 Å². The van der Waals surface area contributed by atoms with Gasteiger partial charge in [0.15, 0.2) is 0 Å². The maximum absolute atomic E-state index is 2.44. The van der Waals surface area contributed by atoms with Crippen LogP contribution in [0.3, 0.4) is 0 Å². The molecule has 0 aliphatic heterocycles. The first-order valence-electron chi connectivity index (χ1n) is 19.7. The summed E-state index contributed by atoms with van der Waals surface area (Å²) in [6.45, 7) is 0. The molecule has 11 aromatic rings. The maximum atomic E-state index is 2.44. The average Bonchev–Trinajstić information content (AvgIpc) is 3.81. The van der Waals surface area contributed by atoms with E-state index in [2.05, 4.69) is 240 Å². The normalized spacial score (nSPS) is 11.9. The van der Waals surface area contributed by atoms with E-state index in [1.165, 1.54) is 77.0 Å². The molecule has 0 fully saturated rings. The Morgan fingerprint density at radius 1 is 0.246 bits per heavy atom. The van der Waals surface area contributed by atoms with Gasteiger partial charge in [0.1, 0.15) is 0 Å². The molecule has 0 saturated carbocycles. The molecule has 0 amide bonds. The third kappa shape index (κ3) is 5.18. The molecule has 0 aliphatic carbocycles. The largest absolute Gasteiger partial charge is 0.309 e. The zero-order valence-electron chi connectivity index (χ0n) is 31.3. The first kappa shape index (κ1) is 33.0. The summed E-state index contributed by atoms with van der Waals surface area (Å²) in [6, 6.07) is 84.2. The second-order valence-electron chi connectivity index (χ2n) is 14.9. The lowest BCUT2D eigenvalue weighted by Crippen LogP contribution is -2.31. The van der Waals surface area contributed by atoms with E-state index in [9.17, 15) is 0 Å². The van der Waals surface area contributed by atoms with Crippen molar-refractivity contribution in [1.29, 1.82) is 0 Å². The van der Waals surface area contributed by atoms with Crippen LogP contribution in [0.1, 0.15) is 22.3 Å². The SMILES string of the molecule is c1ccc(C(c2ccccc2)(c2ccccc2)c2cccc(-n3c4ccccc4c4cc(-c5ccc(-n6c7ccccc7c7ccccc76)cc5)ccc43)c2)cc1. The molecule has 0 N–H and O–H groups in total. The summed E-state index contributed by atoms with van der Waals surface area (Å²) in [5.74, 6) is 0. The highest BCUT2D eigenvalue weighted by Gasteiger charge is 2.38. The lowest BCUT2D eigenvalue weighted by molar-refractivity contribution is 0.744. The first-order valence-corrected chi connectivity index (χ1v) is 19.7. The Balaban J connectivity index is 1.06. The number of aromatic nitrogens is 2. The number of rotatable bonds is 7. The molecule has 9 aromatic carbocycles. The number of hydrogen-bond donors (Lipinski definition) is 0. The van der Waals surface area contributed by atoms with Gasteiger partial charge in [-0.1, -0.05) is 176 Å². The summed E-state index contributed by atoms with van der Waals surface area (Å²) in [4.78, 5) is 0. The fourth-order valence-corrected chi connectivity index (χ4v) is 9.38. The number of fused-ring (bicyclic) bond motifs is 6. The fraction of sp³-hybridized carbons (Fsp3) is 0.0182. The van der Waals surface area contributed by atoms with Crippen molar-refractivity contribution in [2.45, 2.75) is 5.41 Å². The van der Waals surface area contributed by atoms with Crippen LogP contribution in [0.2, 0.25) is 0 Å². The van der Waals surface area contributed by atoms with Crippen molar-refractivity contribution < 1.29 is 0 Å². The van der Waals surface area contributed by atoms with Crippen molar-refractivity contribution in [3.63, 3.8) is 0 Å². The third-order valence-electron chi connectivity index (χ3n) is 11.9. The van der Waals surface area contributed by atoms with Gasteiger partial charge in [-0.2, -0.15) is 0 Å². The summed E-state index contributed by atoms with van der Waals surface area (Å²) in [5.41, 5.74) is 13.9. The maximum Gasteiger partial charge on any atom is 0.0702 e. The lowest BCUT2D eigenvalue weighted by Gasteiger charge is -2.37. The quantitative estimate of drug-likeness (QED) is 0.145. The predicted octanol–water partition coefficient (Wildman–Crippen LogP) is 13.9. The van der Waals surface area contributed by atoms with E-state index in [1.807, 2.05) is 0 Å². The van der Waals surface area contributed by atoms with Gasteiger partial charge < -0.3 is 9.13 Å². The Hall–Kier alpha value is -7.42. The van der Waals surface area contributed by atoms with E-state index in [0.717, 1.165) is 11.4 Å². The number of nitrogens with zero attached hydrogens (tertiary/aromatic N) is 2. The highest BCUT2D eigenvalue weighted by atomic mass is 15.0. The monoisotopic (exact) mass is 726 g/mol. The van der Waals surface area contributed by atoms with Crippen molar-refractivity contribution in [3.8, 4) is 22.5 Å². The van der Waals surface area contributed by atoms with Crippen LogP contribution in [0.5, 0.6) is 0 Å². The van der Waals surface area contributed by atoms with Crippen LogP contribution in [-0.2, 0) is 5.41 Å². The zero-order valence-corrected chi connectivity index (χ0v) is 31.3. The third-order valence-corrected chi connectivity index (χ3v) is 11.9. The first-order chi connectivity index (χ1) is 28.3. The Bertz CT molecular complexity index is 3060. The molecule has 0 saturated heterocycles. The minimum atomic E-state index is -0.531. The molecule has 2 nitrogen and oxygen atoms in total. The zero-order chi connectivity index (χ0) is 37.8. The van der Waals surface area contributed by atoms with Crippen molar-refractivity contribution >= 4 is 43.6 Å². The van der Waals surface area contributed by atoms with Crippen molar-refractivity contribution in [1.82, 2.24) is 9.13 Å². The van der Waals surface area contributed by atoms with Crippen LogP contribution < -0.4 is 0 Å². The van der Waals surface area contributed by atoms with Gasteiger partial charge in [-0.3, -0.25) is 0 Å². The molecule has 2 heterocycles. The van der Waals surface area contributed by atoms with Gasteiger partial charge in [-0.05, 0) is 88.0 Å². The molecule has 57 heavy (non-hydrogen) atoms. The molecule has 0 spiro atoms. The van der Waals surface area contributed by atoms with Gasteiger partial charge in [-0.15, -0.1) is 0 Å². The van der Waals surface area contributed by atoms with Crippen LogP contribution in [-0.4, -0.2) is 9.13 Å². The Morgan fingerprint density at radius 3 is 1.18 bits per heavy atom. The lowest BCUT2D eigenvalue weighted by atomic mass is 9.65. The van der Waals surface area contributed by atoms with E-state index in [-0.39, 0.29) is 0 Å². The van der Waals surface area contributed by atoms with Crippen molar-refractivity contribution in [3.05, 3.63) is 253 Å². The molecule has 0 unspecified atom stereocenters. The second-order valence-corrected chi connectivity index (χ2v) is 14.9. The Kier molecular flexibility index (Phi) is 7.75. The molecule has 0 radical (unpaired) electrons. The summed E-state index contributed by atoms with van der Waals surface area (Å²) in [7, 11) is 0. The topological polar surface area (TPSA) is 9.86 Å². The number of para-hydroxylation sites is 3. The second kappa shape index (κ2) is 13.4. The summed E-state index contributed by atoms with van der Waals surface area (Å²) < 4.78 is 4.82. The van der Waals surface area contributed by atoms with Gasteiger partial charge in [0, 0.05) is 32.9 Å². The van der Waals surface area contributed by atoms with Crippen LogP contribution in [0, 0.1) is 0 Å². The number of hydrogen-bond acceptors (Lipinski definition) is 0. The minimum absolute atomic E-state index is 0.531. The van der Waals surface area contributed by atoms with Crippen LogP contribution >= 0.6 is 0 Å². The molecule has 2 heteroatoms. The summed E-state index contributed by atoms with van der Waals surface area (Å²) in [6.07, 6.45) is 0. The fourth-order valence-electron chi connectivity index (χ4n) is 9.38. The highest BCUT2D eigenvalue weighted by Crippen LogP contribution is 2.46. The van der Waals surface area contributed by atoms with Crippen LogP contribution in [0.4, 0.5) is 0 Å². The van der Waals surface area contributed by atoms with E-state index in [4.69, 9.17) is 0 Å². The molecule has 0 atom stereocenters.